The van der Waals surface area contributed by atoms with E-state index in [1.807, 2.05) is 0 Å². The maximum absolute atomic E-state index is 13.6. The number of hydrogen-bond acceptors (Lipinski definition) is 6. The third-order valence-electron chi connectivity index (χ3n) is 7.02. The van der Waals surface area contributed by atoms with Crippen molar-refractivity contribution in [3.8, 4) is 11.4 Å². The summed E-state index contributed by atoms with van der Waals surface area (Å²) >= 11 is 0. The number of aromatic nitrogens is 2. The Morgan fingerprint density at radius 1 is 0.833 bits per heavy atom. The molecule has 10 heteroatoms. The molecule has 3 aromatic rings. The van der Waals surface area contributed by atoms with Gasteiger partial charge in [0.05, 0.1) is 12.0 Å². The molecule has 1 atom stereocenters. The Balaban J connectivity index is 1.57. The molecular formula is C32H42F3N3O4. The SMILES string of the molecule is CCCCCCCCCCCc1nc(-c2ccc(C[N+]([O-])(Cc3ccc(C(F)(F)F)cc3)OC(=O)CCC)cc2)no1. The number of carbonyl (C=O) groups is 1. The Hall–Kier alpha value is -3.24. The van der Waals surface area contributed by atoms with Gasteiger partial charge in [0.25, 0.3) is 0 Å². The Bertz CT molecular complexity index is 1210. The number of nitrogens with zero attached hydrogens (tertiary/aromatic N) is 3. The van der Waals surface area contributed by atoms with Gasteiger partial charge in [-0.05, 0) is 25.0 Å². The summed E-state index contributed by atoms with van der Waals surface area (Å²) in [4.78, 5) is 20.6. The van der Waals surface area contributed by atoms with Crippen LogP contribution in [0, 0.1) is 5.21 Å². The van der Waals surface area contributed by atoms with Crippen LogP contribution in [0.5, 0.6) is 0 Å². The maximum Gasteiger partial charge on any atom is 0.416 e. The number of rotatable bonds is 18. The van der Waals surface area contributed by atoms with Crippen LogP contribution in [-0.4, -0.2) is 20.9 Å². The highest BCUT2D eigenvalue weighted by atomic mass is 19.4. The minimum Gasteiger partial charge on any atom is -0.589 e. The molecule has 0 radical (unpaired) electrons. The van der Waals surface area contributed by atoms with E-state index in [9.17, 15) is 23.2 Å². The fourth-order valence-electron chi connectivity index (χ4n) is 4.73. The molecule has 0 fully saturated rings. The van der Waals surface area contributed by atoms with Gasteiger partial charge in [0, 0.05) is 23.1 Å². The van der Waals surface area contributed by atoms with Crippen molar-refractivity contribution in [1.29, 1.82) is 0 Å². The molecule has 7 nitrogen and oxygen atoms in total. The number of quaternary nitrogens is 1. The maximum atomic E-state index is 13.6. The number of carbonyl (C=O) groups excluding carboxylic acids is 1. The molecule has 0 amide bonds. The highest BCUT2D eigenvalue weighted by molar-refractivity contribution is 5.68. The van der Waals surface area contributed by atoms with Gasteiger partial charge in [-0.15, -0.1) is 0 Å². The third-order valence-corrected chi connectivity index (χ3v) is 7.02. The van der Waals surface area contributed by atoms with Crippen molar-refractivity contribution in [2.75, 3.05) is 0 Å². The lowest BCUT2D eigenvalue weighted by Crippen LogP contribution is -2.42. The Labute approximate surface area is 246 Å². The molecular weight excluding hydrogens is 547 g/mol. The lowest BCUT2D eigenvalue weighted by molar-refractivity contribution is -1.07. The predicted molar refractivity (Wildman–Crippen MR) is 154 cm³/mol. The van der Waals surface area contributed by atoms with Gasteiger partial charge in [0.1, 0.15) is 13.1 Å². The minimum absolute atomic E-state index is 0.0629. The van der Waals surface area contributed by atoms with E-state index in [1.165, 1.54) is 57.1 Å². The number of alkyl halides is 3. The van der Waals surface area contributed by atoms with Crippen molar-refractivity contribution in [3.05, 3.63) is 76.3 Å². The molecule has 230 valence electrons. The van der Waals surface area contributed by atoms with E-state index >= 15 is 0 Å². The standard InChI is InChI=1S/C32H42F3N3O4/c1-3-5-6-7-8-9-10-11-12-14-29-36-31(37-41-29)27-19-15-25(16-20-27)23-38(40,42-30(39)13-4-2)24-26-17-21-28(22-18-26)32(33,34)35/h15-22H,3-14,23-24H2,1-2H3. The molecule has 0 spiro atoms. The number of unbranched alkanes of at least 4 members (excludes halogenated alkanes) is 8. The Morgan fingerprint density at radius 3 is 1.93 bits per heavy atom. The molecule has 0 N–H and O–H groups in total. The molecule has 0 bridgehead atoms. The fraction of sp³-hybridized carbons (Fsp3) is 0.531. The summed E-state index contributed by atoms with van der Waals surface area (Å²) in [6.07, 6.45) is 7.93. The summed E-state index contributed by atoms with van der Waals surface area (Å²) in [5, 5.41) is 17.7. The van der Waals surface area contributed by atoms with Crippen LogP contribution in [0.1, 0.15) is 107 Å². The first-order valence-electron chi connectivity index (χ1n) is 15.0. The zero-order valence-electron chi connectivity index (χ0n) is 24.6. The van der Waals surface area contributed by atoms with Crippen LogP contribution in [0.25, 0.3) is 11.4 Å². The molecule has 0 saturated heterocycles. The van der Waals surface area contributed by atoms with Crippen LogP contribution in [-0.2, 0) is 35.3 Å². The Morgan fingerprint density at radius 2 is 1.38 bits per heavy atom. The van der Waals surface area contributed by atoms with Gasteiger partial charge < -0.3 is 9.73 Å². The zero-order valence-corrected chi connectivity index (χ0v) is 24.6. The lowest BCUT2D eigenvalue weighted by atomic mass is 10.1. The van der Waals surface area contributed by atoms with Crippen molar-refractivity contribution in [3.63, 3.8) is 0 Å². The molecule has 0 aliphatic carbocycles. The van der Waals surface area contributed by atoms with Crippen molar-refractivity contribution in [2.45, 2.75) is 110 Å². The van der Waals surface area contributed by atoms with Gasteiger partial charge in [0.15, 0.2) is 0 Å². The van der Waals surface area contributed by atoms with Crippen LogP contribution in [0.4, 0.5) is 13.2 Å². The smallest absolute Gasteiger partial charge is 0.416 e. The summed E-state index contributed by atoms with van der Waals surface area (Å²) in [7, 11) is 0. The second-order valence-corrected chi connectivity index (χ2v) is 10.8. The number of halogens is 3. The highest BCUT2D eigenvalue weighted by Crippen LogP contribution is 2.30. The van der Waals surface area contributed by atoms with Crippen molar-refractivity contribution < 1.29 is 32.1 Å². The largest absolute Gasteiger partial charge is 0.589 e. The summed E-state index contributed by atoms with van der Waals surface area (Å²) in [6, 6.07) is 11.3. The third kappa shape index (κ3) is 11.2. The molecule has 1 aromatic heterocycles. The van der Waals surface area contributed by atoms with Crippen LogP contribution in [0.2, 0.25) is 0 Å². The first kappa shape index (κ1) is 33.3. The van der Waals surface area contributed by atoms with Gasteiger partial charge in [-0.25, -0.2) is 4.79 Å². The molecule has 0 saturated carbocycles. The quantitative estimate of drug-likeness (QED) is 0.0835. The van der Waals surface area contributed by atoms with Crippen molar-refractivity contribution >= 4 is 5.97 Å². The molecule has 0 aliphatic rings. The van der Waals surface area contributed by atoms with Crippen LogP contribution < -0.4 is 0 Å². The van der Waals surface area contributed by atoms with E-state index in [-0.39, 0.29) is 19.5 Å². The zero-order chi connectivity index (χ0) is 30.4. The van der Waals surface area contributed by atoms with Gasteiger partial charge in [-0.3, -0.25) is 4.84 Å². The first-order chi connectivity index (χ1) is 20.1. The molecule has 2 aromatic carbocycles. The summed E-state index contributed by atoms with van der Waals surface area (Å²) in [5.41, 5.74) is 0.816. The van der Waals surface area contributed by atoms with Gasteiger partial charge in [-0.1, -0.05) is 107 Å². The molecule has 1 unspecified atom stereocenters. The average molecular weight is 590 g/mol. The normalized spacial score (nSPS) is 13.2. The van der Waals surface area contributed by atoms with Gasteiger partial charge in [0.2, 0.25) is 11.7 Å². The molecule has 1 heterocycles. The Kier molecular flexibility index (Phi) is 13.0. The molecule has 0 aliphatic heterocycles. The fourth-order valence-corrected chi connectivity index (χ4v) is 4.73. The number of hydroxylamine groups is 4. The van der Waals surface area contributed by atoms with E-state index in [2.05, 4.69) is 17.1 Å². The predicted octanol–water partition coefficient (Wildman–Crippen LogP) is 9.10. The topological polar surface area (TPSA) is 88.3 Å². The molecule has 3 rings (SSSR count). The van der Waals surface area contributed by atoms with Gasteiger partial charge >= 0.3 is 12.1 Å². The van der Waals surface area contributed by atoms with E-state index in [0.29, 0.717) is 29.3 Å². The van der Waals surface area contributed by atoms with Crippen molar-refractivity contribution in [1.82, 2.24) is 10.1 Å². The number of hydrogen-bond donors (Lipinski definition) is 0. The van der Waals surface area contributed by atoms with Crippen molar-refractivity contribution in [2.24, 2.45) is 0 Å². The second-order valence-electron chi connectivity index (χ2n) is 10.8. The summed E-state index contributed by atoms with van der Waals surface area (Å²) in [5.74, 6) is 0.378. The summed E-state index contributed by atoms with van der Waals surface area (Å²) < 4.78 is 44.3. The van der Waals surface area contributed by atoms with E-state index in [0.717, 1.165) is 37.0 Å². The average Bonchev–Trinajstić information content (AvgIpc) is 3.41. The second kappa shape index (κ2) is 16.4. The first-order valence-corrected chi connectivity index (χ1v) is 15.0. The van der Waals surface area contributed by atoms with Crippen LogP contribution >= 0.6 is 0 Å². The van der Waals surface area contributed by atoms with E-state index < -0.39 is 22.5 Å². The lowest BCUT2D eigenvalue weighted by Gasteiger charge is -2.38. The van der Waals surface area contributed by atoms with Crippen LogP contribution in [0.3, 0.4) is 0 Å². The monoisotopic (exact) mass is 589 g/mol. The van der Waals surface area contributed by atoms with E-state index in [4.69, 9.17) is 9.36 Å². The summed E-state index contributed by atoms with van der Waals surface area (Å²) in [6.45, 7) is 3.47. The van der Waals surface area contributed by atoms with Crippen LogP contribution in [0.15, 0.2) is 53.1 Å². The molecule has 42 heavy (non-hydrogen) atoms. The minimum atomic E-state index is -4.48. The number of aryl methyl sites for hydroxylation is 1. The van der Waals surface area contributed by atoms with E-state index in [1.54, 1.807) is 31.2 Å². The highest BCUT2D eigenvalue weighted by Gasteiger charge is 2.31. The van der Waals surface area contributed by atoms with Gasteiger partial charge in [-0.2, -0.15) is 23.0 Å². The number of benzene rings is 2.